The van der Waals surface area contributed by atoms with Crippen LogP contribution in [0.3, 0.4) is 0 Å². The minimum atomic E-state index is -0.318. The lowest BCUT2D eigenvalue weighted by molar-refractivity contribution is 0.589. The third-order valence-corrected chi connectivity index (χ3v) is 2.91. The number of nitrogens with zero attached hydrogens (tertiary/aromatic N) is 3. The number of nitrogens with one attached hydrogen (secondary N) is 1. The van der Waals surface area contributed by atoms with Gasteiger partial charge in [0.2, 0.25) is 0 Å². The summed E-state index contributed by atoms with van der Waals surface area (Å²) in [5.41, 5.74) is 1.85. The zero-order chi connectivity index (χ0) is 13.7. The van der Waals surface area contributed by atoms with Crippen molar-refractivity contribution in [2.45, 2.75) is 32.9 Å². The van der Waals surface area contributed by atoms with Crippen molar-refractivity contribution in [3.8, 4) is 0 Å². The SMILES string of the molecule is CCCn1cc(C(NCC)c2cncc(F)c2)cn1. The molecule has 0 aromatic carbocycles. The van der Waals surface area contributed by atoms with E-state index in [1.165, 1.54) is 12.3 Å². The van der Waals surface area contributed by atoms with Gasteiger partial charge >= 0.3 is 0 Å². The van der Waals surface area contributed by atoms with Gasteiger partial charge in [-0.2, -0.15) is 5.10 Å². The summed E-state index contributed by atoms with van der Waals surface area (Å²) in [5.74, 6) is -0.318. The molecule has 1 unspecified atom stereocenters. The molecule has 2 aromatic heterocycles. The maximum atomic E-state index is 13.3. The number of aryl methyl sites for hydroxylation is 1. The van der Waals surface area contributed by atoms with Gasteiger partial charge in [0, 0.05) is 24.5 Å². The van der Waals surface area contributed by atoms with Crippen LogP contribution >= 0.6 is 0 Å². The lowest BCUT2D eigenvalue weighted by atomic mass is 10.0. The Hall–Kier alpha value is -1.75. The molecule has 0 spiro atoms. The molecular formula is C14H19FN4. The van der Waals surface area contributed by atoms with Gasteiger partial charge in [-0.15, -0.1) is 0 Å². The van der Waals surface area contributed by atoms with E-state index in [-0.39, 0.29) is 11.9 Å². The maximum Gasteiger partial charge on any atom is 0.141 e. The van der Waals surface area contributed by atoms with Crippen LogP contribution in [-0.2, 0) is 6.54 Å². The molecule has 0 aliphatic carbocycles. The molecule has 0 aliphatic heterocycles. The van der Waals surface area contributed by atoms with Gasteiger partial charge in [-0.3, -0.25) is 9.67 Å². The van der Waals surface area contributed by atoms with Crippen LogP contribution in [0, 0.1) is 5.82 Å². The van der Waals surface area contributed by atoms with Gasteiger partial charge in [0.15, 0.2) is 0 Å². The largest absolute Gasteiger partial charge is 0.306 e. The first-order valence-electron chi connectivity index (χ1n) is 6.60. The number of aromatic nitrogens is 3. The molecule has 0 saturated heterocycles. The predicted molar refractivity (Wildman–Crippen MR) is 72.2 cm³/mol. The van der Waals surface area contributed by atoms with Crippen molar-refractivity contribution in [1.82, 2.24) is 20.1 Å². The van der Waals surface area contributed by atoms with Gasteiger partial charge in [-0.25, -0.2) is 4.39 Å². The third kappa shape index (κ3) is 3.38. The van der Waals surface area contributed by atoms with E-state index < -0.39 is 0 Å². The van der Waals surface area contributed by atoms with Crippen LogP contribution in [0.1, 0.15) is 37.4 Å². The fourth-order valence-corrected chi connectivity index (χ4v) is 2.10. The summed E-state index contributed by atoms with van der Waals surface area (Å²) < 4.78 is 15.2. The first kappa shape index (κ1) is 13.7. The Balaban J connectivity index is 2.28. The Labute approximate surface area is 112 Å². The summed E-state index contributed by atoms with van der Waals surface area (Å²) in [4.78, 5) is 3.91. The van der Waals surface area contributed by atoms with E-state index in [9.17, 15) is 4.39 Å². The highest BCUT2D eigenvalue weighted by Gasteiger charge is 2.15. The van der Waals surface area contributed by atoms with Crippen molar-refractivity contribution in [3.05, 3.63) is 47.8 Å². The molecule has 2 heterocycles. The molecular weight excluding hydrogens is 243 g/mol. The third-order valence-electron chi connectivity index (χ3n) is 2.91. The van der Waals surface area contributed by atoms with E-state index in [2.05, 4.69) is 22.3 Å². The monoisotopic (exact) mass is 262 g/mol. The standard InChI is InChI=1S/C14H19FN4/c1-3-5-19-10-12(8-18-19)14(17-4-2)11-6-13(15)9-16-7-11/h6-10,14,17H,3-5H2,1-2H3. The van der Waals surface area contributed by atoms with E-state index >= 15 is 0 Å². The van der Waals surface area contributed by atoms with Gasteiger partial charge in [-0.05, 0) is 24.6 Å². The Bertz CT molecular complexity index is 524. The van der Waals surface area contributed by atoms with E-state index in [4.69, 9.17) is 0 Å². The highest BCUT2D eigenvalue weighted by Crippen LogP contribution is 2.21. The van der Waals surface area contributed by atoms with Gasteiger partial charge in [0.1, 0.15) is 5.82 Å². The maximum absolute atomic E-state index is 13.3. The van der Waals surface area contributed by atoms with Crippen molar-refractivity contribution in [3.63, 3.8) is 0 Å². The van der Waals surface area contributed by atoms with E-state index in [1.807, 2.05) is 24.0 Å². The Morgan fingerprint density at radius 1 is 1.26 bits per heavy atom. The predicted octanol–water partition coefficient (Wildman–Crippen LogP) is 2.53. The molecule has 5 heteroatoms. The van der Waals surface area contributed by atoms with Crippen molar-refractivity contribution in [2.75, 3.05) is 6.54 Å². The molecule has 0 aliphatic rings. The van der Waals surface area contributed by atoms with Crippen molar-refractivity contribution >= 4 is 0 Å². The zero-order valence-corrected chi connectivity index (χ0v) is 11.3. The second-order valence-electron chi connectivity index (χ2n) is 4.46. The second-order valence-corrected chi connectivity index (χ2v) is 4.46. The molecule has 0 amide bonds. The first-order valence-corrected chi connectivity index (χ1v) is 6.60. The number of hydrogen-bond acceptors (Lipinski definition) is 3. The molecule has 19 heavy (non-hydrogen) atoms. The minimum Gasteiger partial charge on any atom is -0.306 e. The fraction of sp³-hybridized carbons (Fsp3) is 0.429. The number of rotatable bonds is 6. The van der Waals surface area contributed by atoms with Gasteiger partial charge in [-0.1, -0.05) is 13.8 Å². The molecule has 1 atom stereocenters. The zero-order valence-electron chi connectivity index (χ0n) is 11.3. The summed E-state index contributed by atoms with van der Waals surface area (Å²) in [7, 11) is 0. The average molecular weight is 262 g/mol. The summed E-state index contributed by atoms with van der Waals surface area (Å²) in [5, 5.41) is 7.66. The minimum absolute atomic E-state index is 0.0705. The lowest BCUT2D eigenvalue weighted by Gasteiger charge is -2.16. The summed E-state index contributed by atoms with van der Waals surface area (Å²) >= 11 is 0. The van der Waals surface area contributed by atoms with Crippen molar-refractivity contribution < 1.29 is 4.39 Å². The molecule has 0 radical (unpaired) electrons. The van der Waals surface area contributed by atoms with E-state index in [0.29, 0.717) is 0 Å². The highest BCUT2D eigenvalue weighted by atomic mass is 19.1. The second kappa shape index (κ2) is 6.43. The van der Waals surface area contributed by atoms with Crippen LogP contribution in [0.5, 0.6) is 0 Å². The average Bonchev–Trinajstić information content (AvgIpc) is 2.85. The smallest absolute Gasteiger partial charge is 0.141 e. The Morgan fingerprint density at radius 3 is 2.79 bits per heavy atom. The molecule has 0 bridgehead atoms. The van der Waals surface area contributed by atoms with Crippen LogP contribution in [0.2, 0.25) is 0 Å². The van der Waals surface area contributed by atoms with Crippen LogP contribution in [0.4, 0.5) is 4.39 Å². The molecule has 2 rings (SSSR count). The summed E-state index contributed by atoms with van der Waals surface area (Å²) in [6.45, 7) is 5.82. The van der Waals surface area contributed by atoms with Crippen molar-refractivity contribution in [1.29, 1.82) is 0 Å². The fourth-order valence-electron chi connectivity index (χ4n) is 2.10. The van der Waals surface area contributed by atoms with Crippen LogP contribution in [0.25, 0.3) is 0 Å². The molecule has 0 saturated carbocycles. The number of hydrogen-bond donors (Lipinski definition) is 1. The summed E-state index contributed by atoms with van der Waals surface area (Å²) in [6.07, 6.45) is 7.77. The molecule has 102 valence electrons. The lowest BCUT2D eigenvalue weighted by Crippen LogP contribution is -2.22. The van der Waals surface area contributed by atoms with Crippen molar-refractivity contribution in [2.24, 2.45) is 0 Å². The first-order chi connectivity index (χ1) is 9.24. The topological polar surface area (TPSA) is 42.7 Å². The van der Waals surface area contributed by atoms with Gasteiger partial charge in [0.25, 0.3) is 0 Å². The number of halogens is 1. The number of pyridine rings is 1. The van der Waals surface area contributed by atoms with E-state index in [1.54, 1.807) is 6.20 Å². The normalized spacial score (nSPS) is 12.6. The highest BCUT2D eigenvalue weighted by molar-refractivity contribution is 5.27. The van der Waals surface area contributed by atoms with Gasteiger partial charge in [0.05, 0.1) is 18.4 Å². The molecule has 4 nitrogen and oxygen atoms in total. The summed E-state index contributed by atoms with van der Waals surface area (Å²) in [6, 6.07) is 1.44. The Kier molecular flexibility index (Phi) is 4.63. The van der Waals surface area contributed by atoms with Crippen LogP contribution in [-0.4, -0.2) is 21.3 Å². The van der Waals surface area contributed by atoms with E-state index in [0.717, 1.165) is 30.6 Å². The molecule has 2 aromatic rings. The van der Waals surface area contributed by atoms with Gasteiger partial charge < -0.3 is 5.32 Å². The van der Waals surface area contributed by atoms with Crippen LogP contribution in [0.15, 0.2) is 30.9 Å². The van der Waals surface area contributed by atoms with Crippen LogP contribution < -0.4 is 5.32 Å². The Morgan fingerprint density at radius 2 is 2.11 bits per heavy atom. The molecule has 0 fully saturated rings. The quantitative estimate of drug-likeness (QED) is 0.870. The molecule has 1 N–H and O–H groups in total.